The van der Waals surface area contributed by atoms with Crippen LogP contribution in [0, 0.1) is 5.41 Å². The molecule has 0 heterocycles. The summed E-state index contributed by atoms with van der Waals surface area (Å²) in [4.78, 5) is 12.1. The molecule has 0 radical (unpaired) electrons. The van der Waals surface area contributed by atoms with Gasteiger partial charge in [-0.2, -0.15) is 0 Å². The largest absolute Gasteiger partial charge is 0.489 e. The van der Waals surface area contributed by atoms with Crippen LogP contribution in [0.2, 0.25) is 0 Å². The van der Waals surface area contributed by atoms with Crippen LogP contribution in [0.4, 0.5) is 0 Å². The molecule has 0 N–H and O–H groups in total. The molecular formula is C33H32O4. The van der Waals surface area contributed by atoms with Crippen LogP contribution < -0.4 is 14.2 Å². The fourth-order valence-electron chi connectivity index (χ4n) is 3.44. The molecule has 4 nitrogen and oxygen atoms in total. The summed E-state index contributed by atoms with van der Waals surface area (Å²) in [5.74, 6) is 1.74. The molecule has 4 aromatic rings. The van der Waals surface area contributed by atoms with Gasteiger partial charge in [-0.25, -0.2) is 0 Å². The maximum absolute atomic E-state index is 12.1. The number of hydrogen-bond donors (Lipinski definition) is 0. The van der Waals surface area contributed by atoms with Crippen molar-refractivity contribution in [1.29, 1.82) is 0 Å². The van der Waals surface area contributed by atoms with Gasteiger partial charge in [0.25, 0.3) is 0 Å². The summed E-state index contributed by atoms with van der Waals surface area (Å²) < 4.78 is 17.6. The van der Waals surface area contributed by atoms with E-state index >= 15 is 0 Å². The highest BCUT2D eigenvalue weighted by Gasteiger charge is 2.23. The van der Waals surface area contributed by atoms with E-state index in [0.717, 1.165) is 33.8 Å². The SMILES string of the molecule is CC(C)(C)C(=O)Oc1ccc(/C=C/c2cc(OCc3ccccc3)cc(OCc3ccccc3)c2)cc1. The zero-order valence-corrected chi connectivity index (χ0v) is 21.5. The van der Waals surface area contributed by atoms with Gasteiger partial charge >= 0.3 is 5.97 Å². The van der Waals surface area contributed by atoms with Crippen molar-refractivity contribution >= 4 is 18.1 Å². The molecule has 0 unspecified atom stereocenters. The number of benzene rings is 4. The van der Waals surface area contributed by atoms with Crippen molar-refractivity contribution in [3.63, 3.8) is 0 Å². The zero-order valence-electron chi connectivity index (χ0n) is 21.5. The van der Waals surface area contributed by atoms with Crippen molar-refractivity contribution < 1.29 is 19.0 Å². The summed E-state index contributed by atoms with van der Waals surface area (Å²) in [6.07, 6.45) is 4.02. The van der Waals surface area contributed by atoms with E-state index in [1.54, 1.807) is 12.1 Å². The van der Waals surface area contributed by atoms with E-state index in [1.165, 1.54) is 0 Å². The Bertz CT molecular complexity index is 1260. The lowest BCUT2D eigenvalue weighted by molar-refractivity contribution is -0.142. The van der Waals surface area contributed by atoms with Crippen LogP contribution in [0.5, 0.6) is 17.2 Å². The fraction of sp³-hybridized carbons (Fsp3) is 0.182. The highest BCUT2D eigenvalue weighted by Crippen LogP contribution is 2.27. The normalized spacial score (nSPS) is 11.3. The first-order chi connectivity index (χ1) is 17.8. The molecule has 37 heavy (non-hydrogen) atoms. The van der Waals surface area contributed by atoms with Gasteiger partial charge in [-0.3, -0.25) is 4.79 Å². The fourth-order valence-corrected chi connectivity index (χ4v) is 3.44. The summed E-state index contributed by atoms with van der Waals surface area (Å²) in [7, 11) is 0. The molecule has 0 aliphatic carbocycles. The number of carbonyl (C=O) groups excluding carboxylic acids is 1. The molecule has 0 aliphatic rings. The van der Waals surface area contributed by atoms with Crippen molar-refractivity contribution in [3.05, 3.63) is 125 Å². The molecule has 0 saturated heterocycles. The first-order valence-electron chi connectivity index (χ1n) is 12.3. The van der Waals surface area contributed by atoms with Crippen molar-refractivity contribution in [2.75, 3.05) is 0 Å². The highest BCUT2D eigenvalue weighted by atomic mass is 16.5. The molecule has 0 spiro atoms. The van der Waals surface area contributed by atoms with E-state index in [2.05, 4.69) is 0 Å². The number of ether oxygens (including phenoxy) is 3. The van der Waals surface area contributed by atoms with E-state index < -0.39 is 5.41 Å². The van der Waals surface area contributed by atoms with Crippen molar-refractivity contribution in [3.8, 4) is 17.2 Å². The van der Waals surface area contributed by atoms with Crippen LogP contribution in [0.15, 0.2) is 103 Å². The second kappa shape index (κ2) is 12.1. The van der Waals surface area contributed by atoms with E-state index in [0.29, 0.717) is 19.0 Å². The van der Waals surface area contributed by atoms with Crippen LogP contribution in [0.3, 0.4) is 0 Å². The first kappa shape index (κ1) is 25.8. The molecule has 4 aromatic carbocycles. The Morgan fingerprint density at radius 3 is 1.59 bits per heavy atom. The summed E-state index contributed by atoms with van der Waals surface area (Å²) in [6.45, 7) is 6.45. The molecular weight excluding hydrogens is 460 g/mol. The van der Waals surface area contributed by atoms with Gasteiger partial charge in [0.05, 0.1) is 5.41 Å². The number of esters is 1. The van der Waals surface area contributed by atoms with Gasteiger partial charge < -0.3 is 14.2 Å². The lowest BCUT2D eigenvalue weighted by Crippen LogP contribution is -2.25. The third-order valence-electron chi connectivity index (χ3n) is 5.57. The molecule has 0 aromatic heterocycles. The average Bonchev–Trinajstić information content (AvgIpc) is 2.91. The lowest BCUT2D eigenvalue weighted by atomic mass is 9.97. The quantitative estimate of drug-likeness (QED) is 0.135. The van der Waals surface area contributed by atoms with Crippen LogP contribution >= 0.6 is 0 Å². The van der Waals surface area contributed by atoms with Gasteiger partial charge in [0.15, 0.2) is 0 Å². The summed E-state index contributed by atoms with van der Waals surface area (Å²) >= 11 is 0. The third kappa shape index (κ3) is 8.11. The standard InChI is InChI=1S/C33H32O4/c1-33(2,3)32(34)37-29-18-16-25(17-19-29)14-15-28-20-30(35-23-26-10-6-4-7-11-26)22-31(21-28)36-24-27-12-8-5-9-13-27/h4-22H,23-24H2,1-3H3/b15-14+. The smallest absolute Gasteiger partial charge is 0.316 e. The topological polar surface area (TPSA) is 44.8 Å². The second-order valence-electron chi connectivity index (χ2n) is 9.83. The molecule has 0 saturated carbocycles. The molecule has 0 bridgehead atoms. The minimum Gasteiger partial charge on any atom is -0.489 e. The Morgan fingerprint density at radius 2 is 1.11 bits per heavy atom. The van der Waals surface area contributed by atoms with Crippen LogP contribution in [-0.4, -0.2) is 5.97 Å². The molecule has 0 atom stereocenters. The van der Waals surface area contributed by atoms with Crippen LogP contribution in [0.25, 0.3) is 12.2 Å². The molecule has 4 rings (SSSR count). The van der Waals surface area contributed by atoms with Gasteiger partial charge in [0.1, 0.15) is 30.5 Å². The molecule has 0 fully saturated rings. The lowest BCUT2D eigenvalue weighted by Gasteiger charge is -2.16. The predicted octanol–water partition coefficient (Wildman–Crippen LogP) is 7.97. The van der Waals surface area contributed by atoms with Gasteiger partial charge in [-0.15, -0.1) is 0 Å². The summed E-state index contributed by atoms with van der Waals surface area (Å²) in [5, 5.41) is 0. The van der Waals surface area contributed by atoms with E-state index in [9.17, 15) is 4.79 Å². The van der Waals surface area contributed by atoms with Crippen molar-refractivity contribution in [1.82, 2.24) is 0 Å². The molecule has 0 amide bonds. The van der Waals surface area contributed by atoms with Crippen molar-refractivity contribution in [2.45, 2.75) is 34.0 Å². The molecule has 4 heteroatoms. The average molecular weight is 493 g/mol. The first-order valence-corrected chi connectivity index (χ1v) is 12.3. The van der Waals surface area contributed by atoms with Crippen LogP contribution in [0.1, 0.15) is 43.0 Å². The maximum atomic E-state index is 12.1. The Morgan fingerprint density at radius 1 is 0.622 bits per heavy atom. The van der Waals surface area contributed by atoms with Crippen molar-refractivity contribution in [2.24, 2.45) is 5.41 Å². The predicted molar refractivity (Wildman–Crippen MR) is 148 cm³/mol. The number of hydrogen-bond acceptors (Lipinski definition) is 4. The number of carbonyl (C=O) groups is 1. The summed E-state index contributed by atoms with van der Waals surface area (Å²) in [5.41, 5.74) is 3.59. The van der Waals surface area contributed by atoms with E-state index in [1.807, 2.05) is 124 Å². The summed E-state index contributed by atoms with van der Waals surface area (Å²) in [6, 6.07) is 33.5. The number of rotatable bonds is 9. The van der Waals surface area contributed by atoms with Gasteiger partial charge in [-0.1, -0.05) is 84.9 Å². The van der Waals surface area contributed by atoms with Crippen LogP contribution in [-0.2, 0) is 18.0 Å². The maximum Gasteiger partial charge on any atom is 0.316 e. The van der Waals surface area contributed by atoms with E-state index in [4.69, 9.17) is 14.2 Å². The zero-order chi connectivity index (χ0) is 26.1. The Balaban J connectivity index is 1.49. The van der Waals surface area contributed by atoms with Gasteiger partial charge in [-0.05, 0) is 67.3 Å². The monoisotopic (exact) mass is 492 g/mol. The molecule has 0 aliphatic heterocycles. The van der Waals surface area contributed by atoms with Gasteiger partial charge in [0.2, 0.25) is 0 Å². The Labute approximate surface area is 219 Å². The molecule has 188 valence electrons. The minimum absolute atomic E-state index is 0.258. The third-order valence-corrected chi connectivity index (χ3v) is 5.57. The Kier molecular flexibility index (Phi) is 8.42. The highest BCUT2D eigenvalue weighted by molar-refractivity contribution is 5.78. The second-order valence-corrected chi connectivity index (χ2v) is 9.83. The minimum atomic E-state index is -0.549. The van der Waals surface area contributed by atoms with E-state index in [-0.39, 0.29) is 5.97 Å². The Hall–Kier alpha value is -4.31. The van der Waals surface area contributed by atoms with Gasteiger partial charge in [0, 0.05) is 6.07 Å².